The lowest BCUT2D eigenvalue weighted by Gasteiger charge is -2.26. The summed E-state index contributed by atoms with van der Waals surface area (Å²) in [6, 6.07) is 9.86. The molecule has 1 amide bonds. The standard InChI is InChI=1S/C25H32Cl2N2O3/c1-17-18(2)24(32-12-11-31-3)9-7-20(17)16-29-10-4-5-21(29)15-28-25(30)14-19-6-8-22(26)23(27)13-19/h6-9,13,21H,4-5,10-12,14-16H2,1-3H3,(H,28,30). The fourth-order valence-electron chi connectivity index (χ4n) is 4.10. The predicted molar refractivity (Wildman–Crippen MR) is 130 cm³/mol. The third-order valence-corrected chi connectivity index (χ3v) is 6.89. The fraction of sp³-hybridized carbons (Fsp3) is 0.480. The number of likely N-dealkylation sites (tertiary alicyclic amines) is 1. The van der Waals surface area contributed by atoms with Crippen LogP contribution in [0.4, 0.5) is 0 Å². The number of ether oxygens (including phenoxy) is 2. The molecule has 1 heterocycles. The maximum absolute atomic E-state index is 12.4. The molecule has 32 heavy (non-hydrogen) atoms. The minimum atomic E-state index is -0.000162. The number of amides is 1. The zero-order chi connectivity index (χ0) is 23.1. The van der Waals surface area contributed by atoms with Crippen LogP contribution in [0.5, 0.6) is 5.75 Å². The summed E-state index contributed by atoms with van der Waals surface area (Å²) in [5.41, 5.74) is 4.59. The van der Waals surface area contributed by atoms with Crippen molar-refractivity contribution in [1.82, 2.24) is 10.2 Å². The number of hydrogen-bond acceptors (Lipinski definition) is 4. The summed E-state index contributed by atoms with van der Waals surface area (Å²) in [5.74, 6) is 0.913. The first-order chi connectivity index (χ1) is 15.4. The van der Waals surface area contributed by atoms with Crippen molar-refractivity contribution in [2.24, 2.45) is 0 Å². The van der Waals surface area contributed by atoms with Crippen LogP contribution in [-0.4, -0.2) is 50.3 Å². The molecule has 1 saturated heterocycles. The fourth-order valence-corrected chi connectivity index (χ4v) is 4.42. The normalized spacial score (nSPS) is 16.3. The number of methoxy groups -OCH3 is 1. The highest BCUT2D eigenvalue weighted by atomic mass is 35.5. The lowest BCUT2D eigenvalue weighted by atomic mass is 10.0. The molecule has 0 aliphatic carbocycles. The number of halogens is 2. The van der Waals surface area contributed by atoms with Gasteiger partial charge in [0.05, 0.1) is 23.1 Å². The highest BCUT2D eigenvalue weighted by Crippen LogP contribution is 2.28. The summed E-state index contributed by atoms with van der Waals surface area (Å²) in [6.45, 7) is 7.94. The van der Waals surface area contributed by atoms with E-state index >= 15 is 0 Å². The van der Waals surface area contributed by atoms with Gasteiger partial charge in [0, 0.05) is 26.2 Å². The van der Waals surface area contributed by atoms with Crippen LogP contribution >= 0.6 is 23.2 Å². The third kappa shape index (κ3) is 6.61. The molecule has 5 nitrogen and oxygen atoms in total. The van der Waals surface area contributed by atoms with Crippen molar-refractivity contribution in [3.05, 3.63) is 62.6 Å². The van der Waals surface area contributed by atoms with E-state index in [4.69, 9.17) is 32.7 Å². The third-order valence-electron chi connectivity index (χ3n) is 6.15. The van der Waals surface area contributed by atoms with Crippen molar-refractivity contribution in [3.8, 4) is 5.75 Å². The molecule has 0 aromatic heterocycles. The van der Waals surface area contributed by atoms with Gasteiger partial charge in [-0.25, -0.2) is 0 Å². The maximum atomic E-state index is 12.4. The minimum absolute atomic E-state index is 0.000162. The van der Waals surface area contributed by atoms with Crippen LogP contribution in [0.2, 0.25) is 10.0 Å². The molecule has 0 bridgehead atoms. The van der Waals surface area contributed by atoms with E-state index in [-0.39, 0.29) is 5.91 Å². The average molecular weight is 479 g/mol. The molecule has 174 valence electrons. The summed E-state index contributed by atoms with van der Waals surface area (Å²) in [5, 5.41) is 4.07. The van der Waals surface area contributed by atoms with Gasteiger partial charge in [-0.3, -0.25) is 9.69 Å². The summed E-state index contributed by atoms with van der Waals surface area (Å²) in [7, 11) is 1.67. The number of nitrogens with zero attached hydrogens (tertiary/aromatic N) is 1. The van der Waals surface area contributed by atoms with E-state index in [9.17, 15) is 4.79 Å². The van der Waals surface area contributed by atoms with E-state index < -0.39 is 0 Å². The smallest absolute Gasteiger partial charge is 0.224 e. The molecule has 1 aliphatic heterocycles. The highest BCUT2D eigenvalue weighted by molar-refractivity contribution is 6.42. The molecule has 7 heteroatoms. The van der Waals surface area contributed by atoms with Crippen molar-refractivity contribution in [2.45, 2.75) is 45.7 Å². The van der Waals surface area contributed by atoms with Crippen molar-refractivity contribution in [1.29, 1.82) is 0 Å². The molecule has 2 aromatic rings. The Bertz CT molecular complexity index is 936. The van der Waals surface area contributed by atoms with Crippen LogP contribution in [0, 0.1) is 13.8 Å². The molecule has 1 unspecified atom stereocenters. The molecule has 1 atom stereocenters. The molecule has 2 aromatic carbocycles. The van der Waals surface area contributed by atoms with Crippen molar-refractivity contribution in [2.75, 3.05) is 33.4 Å². The number of nitrogens with one attached hydrogen (secondary N) is 1. The molecule has 0 saturated carbocycles. The zero-order valence-electron chi connectivity index (χ0n) is 19.0. The van der Waals surface area contributed by atoms with E-state index in [1.807, 2.05) is 6.07 Å². The average Bonchev–Trinajstić information content (AvgIpc) is 3.21. The molecular weight excluding hydrogens is 447 g/mol. The summed E-state index contributed by atoms with van der Waals surface area (Å²) >= 11 is 12.0. The predicted octanol–water partition coefficient (Wildman–Crippen LogP) is 4.96. The molecule has 3 rings (SSSR count). The van der Waals surface area contributed by atoms with Gasteiger partial charge in [-0.15, -0.1) is 0 Å². The lowest BCUT2D eigenvalue weighted by Crippen LogP contribution is -2.40. The minimum Gasteiger partial charge on any atom is -0.491 e. The van der Waals surface area contributed by atoms with Crippen molar-refractivity contribution in [3.63, 3.8) is 0 Å². The second-order valence-corrected chi connectivity index (χ2v) is 9.12. The molecule has 0 spiro atoms. The van der Waals surface area contributed by atoms with Gasteiger partial charge in [0.25, 0.3) is 0 Å². The van der Waals surface area contributed by atoms with E-state index in [0.717, 1.165) is 37.2 Å². The second kappa shape index (κ2) is 11.9. The Morgan fingerprint density at radius 1 is 1.12 bits per heavy atom. The molecule has 1 N–H and O–H groups in total. The number of benzene rings is 2. The van der Waals surface area contributed by atoms with E-state index in [2.05, 4.69) is 36.2 Å². The molecule has 1 fully saturated rings. The quantitative estimate of drug-likeness (QED) is 0.490. The van der Waals surface area contributed by atoms with E-state index in [1.54, 1.807) is 19.2 Å². The van der Waals surface area contributed by atoms with Crippen molar-refractivity contribution < 1.29 is 14.3 Å². The van der Waals surface area contributed by atoms with Crippen LogP contribution in [0.3, 0.4) is 0 Å². The van der Waals surface area contributed by atoms with E-state index in [1.165, 1.54) is 16.7 Å². The summed E-state index contributed by atoms with van der Waals surface area (Å²) in [4.78, 5) is 14.9. The van der Waals surface area contributed by atoms with Gasteiger partial charge in [-0.05, 0) is 73.7 Å². The zero-order valence-corrected chi connectivity index (χ0v) is 20.6. The first-order valence-corrected chi connectivity index (χ1v) is 11.8. The maximum Gasteiger partial charge on any atom is 0.224 e. The van der Waals surface area contributed by atoms with Gasteiger partial charge in [0.15, 0.2) is 0 Å². The second-order valence-electron chi connectivity index (χ2n) is 8.31. The van der Waals surface area contributed by atoms with Crippen molar-refractivity contribution >= 4 is 29.1 Å². The van der Waals surface area contributed by atoms with Gasteiger partial charge in [-0.1, -0.05) is 35.3 Å². The molecule has 1 aliphatic rings. The Balaban J connectivity index is 1.54. The Morgan fingerprint density at radius 3 is 2.69 bits per heavy atom. The topological polar surface area (TPSA) is 50.8 Å². The number of carbonyl (C=O) groups excluding carboxylic acids is 1. The summed E-state index contributed by atoms with van der Waals surface area (Å²) in [6.07, 6.45) is 2.53. The SMILES string of the molecule is COCCOc1ccc(CN2CCCC2CNC(=O)Cc2ccc(Cl)c(Cl)c2)c(C)c1C. The Morgan fingerprint density at radius 2 is 1.94 bits per heavy atom. The van der Waals surface area contributed by atoms with Gasteiger partial charge in [0.2, 0.25) is 5.91 Å². The van der Waals surface area contributed by atoms with Gasteiger partial charge < -0.3 is 14.8 Å². The van der Waals surface area contributed by atoms with Crippen LogP contribution in [0.1, 0.15) is 35.1 Å². The largest absolute Gasteiger partial charge is 0.491 e. The van der Waals surface area contributed by atoms with Gasteiger partial charge in [-0.2, -0.15) is 0 Å². The van der Waals surface area contributed by atoms with Crippen LogP contribution in [0.15, 0.2) is 30.3 Å². The Kier molecular flexibility index (Phi) is 9.23. The molecule has 0 radical (unpaired) electrons. The number of hydrogen-bond donors (Lipinski definition) is 1. The van der Waals surface area contributed by atoms with Crippen LogP contribution < -0.4 is 10.1 Å². The van der Waals surface area contributed by atoms with Crippen LogP contribution in [-0.2, 0) is 22.5 Å². The first-order valence-electron chi connectivity index (χ1n) is 11.0. The monoisotopic (exact) mass is 478 g/mol. The summed E-state index contributed by atoms with van der Waals surface area (Å²) < 4.78 is 10.9. The van der Waals surface area contributed by atoms with Gasteiger partial charge >= 0.3 is 0 Å². The Hall–Kier alpha value is -1.79. The van der Waals surface area contributed by atoms with E-state index in [0.29, 0.717) is 42.3 Å². The van der Waals surface area contributed by atoms with Gasteiger partial charge in [0.1, 0.15) is 12.4 Å². The number of carbonyl (C=O) groups is 1. The Labute approximate surface area is 201 Å². The highest BCUT2D eigenvalue weighted by Gasteiger charge is 2.25. The first kappa shape index (κ1) is 24.8. The molecular formula is C25H32Cl2N2O3. The van der Waals surface area contributed by atoms with Crippen LogP contribution in [0.25, 0.3) is 0 Å². The lowest BCUT2D eigenvalue weighted by molar-refractivity contribution is -0.120. The number of rotatable bonds is 10.